The number of hydrogen-bond donors (Lipinski definition) is 1. The second-order valence-corrected chi connectivity index (χ2v) is 9.69. The van der Waals surface area contributed by atoms with Crippen molar-refractivity contribution >= 4 is 43.4 Å². The Morgan fingerprint density at radius 2 is 1.34 bits per heavy atom. The van der Waals surface area contributed by atoms with Crippen LogP contribution in [0.1, 0.15) is 11.1 Å². The van der Waals surface area contributed by atoms with Crippen LogP contribution in [0.4, 0.5) is 26.3 Å². The molecule has 0 spiro atoms. The molecule has 4 aromatic rings. The van der Waals surface area contributed by atoms with Crippen LogP contribution in [0.25, 0.3) is 53.7 Å². The summed E-state index contributed by atoms with van der Waals surface area (Å²) >= 11 is 1.17. The van der Waals surface area contributed by atoms with E-state index in [1.807, 2.05) is 0 Å². The number of hydrogen-bond acceptors (Lipinski definition) is 4. The summed E-state index contributed by atoms with van der Waals surface area (Å²) in [4.78, 5) is 8.09. The van der Waals surface area contributed by atoms with E-state index < -0.39 is 23.5 Å². The summed E-state index contributed by atoms with van der Waals surface area (Å²) in [5, 5.41) is 2.08. The molecule has 6 rings (SSSR count). The summed E-state index contributed by atoms with van der Waals surface area (Å²) < 4.78 is 91.4. The second kappa shape index (κ2) is 8.26. The third kappa shape index (κ3) is 3.80. The Morgan fingerprint density at radius 1 is 0.737 bits per heavy atom. The zero-order valence-electron chi connectivity index (χ0n) is 19.6. The first-order valence-corrected chi connectivity index (χ1v) is 12.0. The molecular weight excluding hydrogens is 530 g/mol. The number of ether oxygens (including phenoxy) is 2. The van der Waals surface area contributed by atoms with Crippen molar-refractivity contribution < 1.29 is 35.8 Å². The number of methoxy groups -OCH3 is 2. The molecule has 2 aliphatic rings. The van der Waals surface area contributed by atoms with Crippen LogP contribution in [0.3, 0.4) is 0 Å². The summed E-state index contributed by atoms with van der Waals surface area (Å²) in [6.07, 6.45) is -9.06. The highest BCUT2D eigenvalue weighted by molar-refractivity contribution is 7.21. The standard InChI is InChI=1S/C27H16F6N2O2S/c1-36-15-7-12(8-16(11-15)37-2)21-22-17-5-3-13(26(28,29)30)9-19(17)34-24(22)38-25-23(21)18-6-4-14(27(31,32)33)10-20(18)35-25/h3-11,34H,1-2H3. The van der Waals surface area contributed by atoms with Gasteiger partial charge in [0.1, 0.15) is 21.3 Å². The minimum absolute atomic E-state index is 0.165. The van der Waals surface area contributed by atoms with Gasteiger partial charge in [-0.1, -0.05) is 23.5 Å². The number of nitrogens with zero attached hydrogens (tertiary/aromatic N) is 1. The molecule has 2 aliphatic heterocycles. The van der Waals surface area contributed by atoms with Crippen molar-refractivity contribution in [2.75, 3.05) is 14.2 Å². The van der Waals surface area contributed by atoms with Crippen LogP contribution in [0.2, 0.25) is 0 Å². The first-order valence-electron chi connectivity index (χ1n) is 11.2. The van der Waals surface area contributed by atoms with Gasteiger partial charge >= 0.3 is 12.4 Å². The van der Waals surface area contributed by atoms with Gasteiger partial charge in [-0.3, -0.25) is 0 Å². The number of fused-ring (bicyclic) bond motifs is 6. The molecule has 0 atom stereocenters. The topological polar surface area (TPSA) is 47.1 Å². The number of halogens is 6. The van der Waals surface area contributed by atoms with Crippen molar-refractivity contribution in [3.8, 4) is 33.2 Å². The van der Waals surface area contributed by atoms with E-state index in [4.69, 9.17) is 9.47 Å². The van der Waals surface area contributed by atoms with Crippen molar-refractivity contribution in [1.29, 1.82) is 0 Å². The predicted molar refractivity (Wildman–Crippen MR) is 134 cm³/mol. The van der Waals surface area contributed by atoms with Gasteiger partial charge in [-0.2, -0.15) is 26.3 Å². The highest BCUT2D eigenvalue weighted by atomic mass is 32.1. The molecule has 0 amide bonds. The number of aromatic amines is 1. The minimum Gasteiger partial charge on any atom is -0.497 e. The molecule has 3 aromatic carbocycles. The summed E-state index contributed by atoms with van der Waals surface area (Å²) in [5.74, 6) is 0.936. The maximum absolute atomic E-state index is 13.4. The molecule has 0 saturated heterocycles. The van der Waals surface area contributed by atoms with Crippen LogP contribution in [0.5, 0.6) is 11.5 Å². The zero-order valence-corrected chi connectivity index (χ0v) is 20.5. The molecule has 0 aliphatic carbocycles. The Morgan fingerprint density at radius 3 is 1.95 bits per heavy atom. The van der Waals surface area contributed by atoms with Crippen molar-refractivity contribution in [2.24, 2.45) is 0 Å². The molecule has 1 N–H and O–H groups in total. The van der Waals surface area contributed by atoms with Crippen molar-refractivity contribution in [3.63, 3.8) is 0 Å². The van der Waals surface area contributed by atoms with Crippen LogP contribution < -0.4 is 9.47 Å². The van der Waals surface area contributed by atoms with Gasteiger partial charge in [-0.25, -0.2) is 4.98 Å². The molecule has 0 fully saturated rings. The van der Waals surface area contributed by atoms with Crippen molar-refractivity contribution in [2.45, 2.75) is 12.4 Å². The van der Waals surface area contributed by atoms with Gasteiger partial charge in [0.2, 0.25) is 0 Å². The normalized spacial score (nSPS) is 12.7. The van der Waals surface area contributed by atoms with Gasteiger partial charge in [0.05, 0.1) is 30.9 Å². The fourth-order valence-corrected chi connectivity index (χ4v) is 5.87. The molecule has 0 saturated carbocycles. The first-order chi connectivity index (χ1) is 18.0. The van der Waals surface area contributed by atoms with Gasteiger partial charge in [-0.15, -0.1) is 0 Å². The van der Waals surface area contributed by atoms with Gasteiger partial charge < -0.3 is 14.5 Å². The molecule has 11 heteroatoms. The lowest BCUT2D eigenvalue weighted by atomic mass is 9.94. The number of alkyl halides is 6. The summed E-state index contributed by atoms with van der Waals surface area (Å²) in [6.45, 7) is 0. The van der Waals surface area contributed by atoms with Gasteiger partial charge in [0.25, 0.3) is 0 Å². The largest absolute Gasteiger partial charge is 0.497 e. The summed E-state index contributed by atoms with van der Waals surface area (Å²) in [5.41, 5.74) is 0.615. The van der Waals surface area contributed by atoms with E-state index in [1.165, 1.54) is 37.7 Å². The molecule has 38 heavy (non-hydrogen) atoms. The van der Waals surface area contributed by atoms with Gasteiger partial charge in [-0.05, 0) is 42.0 Å². The number of nitrogens with one attached hydrogen (secondary N) is 1. The predicted octanol–water partition coefficient (Wildman–Crippen LogP) is 8.76. The Kier molecular flexibility index (Phi) is 5.29. The fourth-order valence-electron chi connectivity index (χ4n) is 4.74. The number of rotatable bonds is 3. The first kappa shape index (κ1) is 24.4. The van der Waals surface area contributed by atoms with Gasteiger partial charge in [0, 0.05) is 38.9 Å². The maximum Gasteiger partial charge on any atom is 0.416 e. The Labute approximate surface area is 214 Å². The molecule has 0 bridgehead atoms. The highest BCUT2D eigenvalue weighted by Crippen LogP contribution is 2.50. The third-order valence-electron chi connectivity index (χ3n) is 6.46. The van der Waals surface area contributed by atoms with E-state index >= 15 is 0 Å². The van der Waals surface area contributed by atoms with E-state index in [1.54, 1.807) is 18.2 Å². The number of aromatic nitrogens is 2. The SMILES string of the molecule is COc1cc(OC)cc(-c2c3c4ccc(C(F)(F)F)cc4nc-3sc3[nH]c4cc(C(F)(F)F)ccc4c23)c1. The minimum atomic E-state index is -4.54. The lowest BCUT2D eigenvalue weighted by molar-refractivity contribution is -0.138. The lowest BCUT2D eigenvalue weighted by Gasteiger charge is -2.14. The molecule has 0 unspecified atom stereocenters. The maximum atomic E-state index is 13.4. The van der Waals surface area contributed by atoms with E-state index in [9.17, 15) is 26.3 Å². The smallest absolute Gasteiger partial charge is 0.416 e. The zero-order chi connectivity index (χ0) is 27.0. The Bertz CT molecular complexity index is 1790. The second-order valence-electron chi connectivity index (χ2n) is 8.69. The molecule has 194 valence electrons. The van der Waals surface area contributed by atoms with Crippen LogP contribution in [-0.4, -0.2) is 24.2 Å². The summed E-state index contributed by atoms with van der Waals surface area (Å²) in [6, 6.07) is 12.0. The average Bonchev–Trinajstić information content (AvgIpc) is 3.42. The molecular formula is C27H16F6N2O2S. The van der Waals surface area contributed by atoms with Crippen molar-refractivity contribution in [1.82, 2.24) is 9.97 Å². The van der Waals surface area contributed by atoms with Gasteiger partial charge in [0.15, 0.2) is 0 Å². The number of benzene rings is 3. The van der Waals surface area contributed by atoms with Crippen LogP contribution in [-0.2, 0) is 12.4 Å². The quantitative estimate of drug-likeness (QED) is 0.226. The van der Waals surface area contributed by atoms with Crippen LogP contribution in [0, 0.1) is 0 Å². The van der Waals surface area contributed by atoms with E-state index in [-0.39, 0.29) is 11.0 Å². The monoisotopic (exact) mass is 546 g/mol. The third-order valence-corrected chi connectivity index (χ3v) is 7.46. The van der Waals surface area contributed by atoms with Crippen molar-refractivity contribution in [3.05, 3.63) is 65.7 Å². The van der Waals surface area contributed by atoms with E-state index in [2.05, 4.69) is 9.97 Å². The Balaban J connectivity index is 1.77. The molecule has 4 nitrogen and oxygen atoms in total. The molecule has 3 heterocycles. The highest BCUT2D eigenvalue weighted by Gasteiger charge is 2.33. The Hall–Kier alpha value is -3.99. The van der Waals surface area contributed by atoms with Crippen LogP contribution >= 0.6 is 11.3 Å². The average molecular weight is 546 g/mol. The molecule has 0 radical (unpaired) electrons. The summed E-state index contributed by atoms with van der Waals surface area (Å²) in [7, 11) is 2.97. The lowest BCUT2D eigenvalue weighted by Crippen LogP contribution is -2.04. The fraction of sp³-hybridized carbons (Fsp3) is 0.148. The van der Waals surface area contributed by atoms with E-state index in [0.717, 1.165) is 24.3 Å². The number of H-pyrrole nitrogens is 1. The molecule has 1 aromatic heterocycles. The van der Waals surface area contributed by atoms with Crippen LogP contribution in [0.15, 0.2) is 54.6 Å². The van der Waals surface area contributed by atoms with E-state index in [0.29, 0.717) is 54.2 Å².